The first-order valence-corrected chi connectivity index (χ1v) is 4.20. The summed E-state index contributed by atoms with van der Waals surface area (Å²) in [5.74, 6) is -0.266. The van der Waals surface area contributed by atoms with Crippen LogP contribution >= 0.6 is 0 Å². The van der Waals surface area contributed by atoms with Crippen LogP contribution in [0.3, 0.4) is 0 Å². The second kappa shape index (κ2) is 8.05. The maximum Gasteiger partial charge on any atom is 0.307 e. The quantitative estimate of drug-likeness (QED) is 0.264. The highest BCUT2D eigenvalue weighted by Crippen LogP contribution is 2.00. The molecule has 0 aromatic rings. The molecule has 0 amide bonds. The minimum Gasteiger partial charge on any atom is -0.435 e. The van der Waals surface area contributed by atoms with E-state index in [-0.39, 0.29) is 5.97 Å². The lowest BCUT2D eigenvalue weighted by molar-refractivity contribution is -0.135. The van der Waals surface area contributed by atoms with Crippen LogP contribution in [0.1, 0.15) is 32.6 Å². The molecule has 0 aromatic carbocycles. The molecule has 0 saturated heterocycles. The highest BCUT2D eigenvalue weighted by atomic mass is 16.5. The van der Waals surface area contributed by atoms with Crippen LogP contribution in [0, 0.1) is 0 Å². The van der Waals surface area contributed by atoms with Gasteiger partial charge in [-0.3, -0.25) is 4.79 Å². The third kappa shape index (κ3) is 8.95. The van der Waals surface area contributed by atoms with Gasteiger partial charge in [-0.15, -0.1) is 6.58 Å². The van der Waals surface area contributed by atoms with Crippen LogP contribution in [-0.4, -0.2) is 5.97 Å². The van der Waals surface area contributed by atoms with Gasteiger partial charge in [-0.2, -0.15) is 0 Å². The van der Waals surface area contributed by atoms with Gasteiger partial charge >= 0.3 is 5.97 Å². The zero-order valence-corrected chi connectivity index (χ0v) is 7.58. The lowest BCUT2D eigenvalue weighted by Gasteiger charge is -1.92. The third-order valence-electron chi connectivity index (χ3n) is 1.36. The summed E-state index contributed by atoms with van der Waals surface area (Å²) in [6.45, 7) is 5.02. The van der Waals surface area contributed by atoms with Crippen molar-refractivity contribution >= 4 is 5.97 Å². The Bertz CT molecular complexity index is 159. The van der Waals surface area contributed by atoms with E-state index < -0.39 is 0 Å². The Kier molecular flexibility index (Phi) is 7.35. The van der Waals surface area contributed by atoms with Gasteiger partial charge in [0, 0.05) is 6.92 Å². The number of carbonyl (C=O) groups is 1. The zero-order valence-electron chi connectivity index (χ0n) is 7.58. The molecule has 2 heteroatoms. The molecule has 0 fully saturated rings. The molecule has 2 nitrogen and oxygen atoms in total. The van der Waals surface area contributed by atoms with Crippen LogP contribution in [-0.2, 0) is 9.53 Å². The summed E-state index contributed by atoms with van der Waals surface area (Å²) < 4.78 is 4.61. The van der Waals surface area contributed by atoms with E-state index >= 15 is 0 Å². The van der Waals surface area contributed by atoms with Crippen molar-refractivity contribution in [3.63, 3.8) is 0 Å². The summed E-state index contributed by atoms with van der Waals surface area (Å²) >= 11 is 0. The van der Waals surface area contributed by atoms with Crippen LogP contribution in [0.25, 0.3) is 0 Å². The Morgan fingerprint density at radius 1 is 1.42 bits per heavy atom. The predicted molar refractivity (Wildman–Crippen MR) is 49.6 cm³/mol. The second-order valence-corrected chi connectivity index (χ2v) is 2.55. The summed E-state index contributed by atoms with van der Waals surface area (Å²) in [6.07, 6.45) is 9.51. The summed E-state index contributed by atoms with van der Waals surface area (Å²) in [4.78, 5) is 10.3. The number of allylic oxidation sites excluding steroid dienone is 2. The molecule has 0 aliphatic rings. The molecule has 0 saturated carbocycles. The maximum atomic E-state index is 10.3. The number of ether oxygens (including phenoxy) is 1. The fourth-order valence-corrected chi connectivity index (χ4v) is 0.763. The smallest absolute Gasteiger partial charge is 0.307 e. The van der Waals surface area contributed by atoms with Crippen molar-refractivity contribution < 1.29 is 9.53 Å². The summed E-state index contributed by atoms with van der Waals surface area (Å²) in [7, 11) is 0. The molecule has 0 N–H and O–H groups in total. The van der Waals surface area contributed by atoms with Gasteiger partial charge in [-0.25, -0.2) is 0 Å². The Balaban J connectivity index is 3.13. The van der Waals surface area contributed by atoms with Crippen molar-refractivity contribution in [1.82, 2.24) is 0 Å². The van der Waals surface area contributed by atoms with Crippen molar-refractivity contribution in [3.8, 4) is 0 Å². The van der Waals surface area contributed by atoms with E-state index in [2.05, 4.69) is 11.3 Å². The highest BCUT2D eigenvalue weighted by Gasteiger charge is 1.85. The van der Waals surface area contributed by atoms with E-state index in [0.717, 1.165) is 25.7 Å². The Hall–Kier alpha value is -1.05. The van der Waals surface area contributed by atoms with Gasteiger partial charge in [0.2, 0.25) is 0 Å². The molecule has 0 heterocycles. The number of esters is 1. The fraction of sp³-hybridized carbons (Fsp3) is 0.500. The Labute approximate surface area is 73.9 Å². The molecule has 0 unspecified atom stereocenters. The normalized spacial score (nSPS) is 10.1. The standard InChI is InChI=1S/C10H16O2/c1-3-4-5-6-7-8-9-12-10(2)11/h3,8-9H,1,4-7H2,2H3/b9-8+. The number of rotatable bonds is 6. The summed E-state index contributed by atoms with van der Waals surface area (Å²) in [5, 5.41) is 0. The summed E-state index contributed by atoms with van der Waals surface area (Å²) in [6, 6.07) is 0. The number of hydrogen-bond donors (Lipinski definition) is 0. The molecule has 0 spiro atoms. The molecule has 0 bridgehead atoms. The van der Waals surface area contributed by atoms with E-state index in [1.54, 1.807) is 0 Å². The van der Waals surface area contributed by atoms with E-state index in [1.807, 2.05) is 12.2 Å². The molecule has 0 radical (unpaired) electrons. The van der Waals surface area contributed by atoms with Crippen LogP contribution in [0.4, 0.5) is 0 Å². The van der Waals surface area contributed by atoms with Crippen LogP contribution in [0.5, 0.6) is 0 Å². The van der Waals surface area contributed by atoms with E-state index in [4.69, 9.17) is 0 Å². The highest BCUT2D eigenvalue weighted by molar-refractivity contribution is 5.66. The SMILES string of the molecule is C=CCCCC/C=C/OC(C)=O. The number of hydrogen-bond acceptors (Lipinski definition) is 2. The molecule has 12 heavy (non-hydrogen) atoms. The second-order valence-electron chi connectivity index (χ2n) is 2.55. The Morgan fingerprint density at radius 2 is 2.08 bits per heavy atom. The van der Waals surface area contributed by atoms with Crippen molar-refractivity contribution in [3.05, 3.63) is 25.0 Å². The number of unbranched alkanes of at least 4 members (excludes halogenated alkanes) is 3. The van der Waals surface area contributed by atoms with Gasteiger partial charge in [0.15, 0.2) is 0 Å². The lowest BCUT2D eigenvalue weighted by atomic mass is 10.2. The van der Waals surface area contributed by atoms with Crippen molar-refractivity contribution in [2.75, 3.05) is 0 Å². The van der Waals surface area contributed by atoms with E-state index in [0.29, 0.717) is 0 Å². The molecule has 0 aliphatic carbocycles. The van der Waals surface area contributed by atoms with Gasteiger partial charge in [0.25, 0.3) is 0 Å². The van der Waals surface area contributed by atoms with Crippen molar-refractivity contribution in [1.29, 1.82) is 0 Å². The molecule has 68 valence electrons. The largest absolute Gasteiger partial charge is 0.435 e. The van der Waals surface area contributed by atoms with Gasteiger partial charge in [0.1, 0.15) is 0 Å². The van der Waals surface area contributed by atoms with Crippen LogP contribution in [0.15, 0.2) is 25.0 Å². The zero-order chi connectivity index (χ0) is 9.23. The number of carbonyl (C=O) groups excluding carboxylic acids is 1. The maximum absolute atomic E-state index is 10.3. The average Bonchev–Trinajstić information content (AvgIpc) is 2.02. The molecule has 0 atom stereocenters. The first kappa shape index (κ1) is 11.0. The fourth-order valence-electron chi connectivity index (χ4n) is 0.763. The minimum atomic E-state index is -0.266. The van der Waals surface area contributed by atoms with E-state index in [9.17, 15) is 4.79 Å². The van der Waals surface area contributed by atoms with E-state index in [1.165, 1.54) is 13.2 Å². The van der Waals surface area contributed by atoms with Crippen LogP contribution in [0.2, 0.25) is 0 Å². The Morgan fingerprint density at radius 3 is 2.67 bits per heavy atom. The van der Waals surface area contributed by atoms with Gasteiger partial charge in [0.05, 0.1) is 6.26 Å². The average molecular weight is 168 g/mol. The third-order valence-corrected chi connectivity index (χ3v) is 1.36. The predicted octanol–water partition coefficient (Wildman–Crippen LogP) is 2.81. The monoisotopic (exact) mass is 168 g/mol. The lowest BCUT2D eigenvalue weighted by Crippen LogP contribution is -1.89. The molecule has 0 aliphatic heterocycles. The molecular weight excluding hydrogens is 152 g/mol. The molecular formula is C10H16O2. The molecule has 0 rings (SSSR count). The van der Waals surface area contributed by atoms with Crippen molar-refractivity contribution in [2.45, 2.75) is 32.6 Å². The summed E-state index contributed by atoms with van der Waals surface area (Å²) in [5.41, 5.74) is 0. The first-order chi connectivity index (χ1) is 5.77. The molecule has 0 aromatic heterocycles. The van der Waals surface area contributed by atoms with Gasteiger partial charge in [-0.05, 0) is 31.8 Å². The first-order valence-electron chi connectivity index (χ1n) is 4.20. The topological polar surface area (TPSA) is 26.3 Å². The van der Waals surface area contributed by atoms with Crippen LogP contribution < -0.4 is 0 Å². The van der Waals surface area contributed by atoms with Gasteiger partial charge < -0.3 is 4.74 Å². The van der Waals surface area contributed by atoms with Crippen molar-refractivity contribution in [2.24, 2.45) is 0 Å². The minimum absolute atomic E-state index is 0.266. The van der Waals surface area contributed by atoms with Gasteiger partial charge in [-0.1, -0.05) is 6.08 Å².